The van der Waals surface area contributed by atoms with E-state index in [2.05, 4.69) is 10.6 Å². The number of aromatic nitrogens is 1. The summed E-state index contributed by atoms with van der Waals surface area (Å²) < 4.78 is 7.47. The summed E-state index contributed by atoms with van der Waals surface area (Å²) in [5, 5.41) is 7.71. The van der Waals surface area contributed by atoms with Crippen molar-refractivity contribution in [2.24, 2.45) is 7.05 Å². The van der Waals surface area contributed by atoms with Crippen LogP contribution in [0, 0.1) is 6.92 Å². The molecule has 2 aromatic heterocycles. The Hall–Kier alpha value is -3.54. The number of rotatable bonds is 3. The van der Waals surface area contributed by atoms with E-state index in [1.54, 1.807) is 23.7 Å². The fourth-order valence-electron chi connectivity index (χ4n) is 3.48. The van der Waals surface area contributed by atoms with E-state index in [-0.39, 0.29) is 17.6 Å². The van der Waals surface area contributed by atoms with Crippen LogP contribution in [0.2, 0.25) is 0 Å². The van der Waals surface area contributed by atoms with Gasteiger partial charge in [-0.15, -0.1) is 0 Å². The number of benzene rings is 2. The topological polar surface area (TPSA) is 76.3 Å². The lowest BCUT2D eigenvalue weighted by atomic mass is 10.1. The molecule has 0 spiro atoms. The fraction of sp³-hybridized carbons (Fsp3) is 0.182. The fourth-order valence-corrected chi connectivity index (χ4v) is 3.48. The number of hydrogen-bond donors (Lipinski definition) is 2. The molecule has 0 bridgehead atoms. The highest BCUT2D eigenvalue weighted by Crippen LogP contribution is 2.29. The molecule has 142 valence electrons. The first-order valence-corrected chi connectivity index (χ1v) is 9.09. The highest BCUT2D eigenvalue weighted by Gasteiger charge is 2.18. The van der Waals surface area contributed by atoms with E-state index in [9.17, 15) is 9.59 Å². The Labute approximate surface area is 161 Å². The number of para-hydroxylation sites is 1. The zero-order chi connectivity index (χ0) is 19.8. The predicted octanol–water partition coefficient (Wildman–Crippen LogP) is 4.48. The predicted molar refractivity (Wildman–Crippen MR) is 111 cm³/mol. The lowest BCUT2D eigenvalue weighted by Gasteiger charge is -2.14. The molecule has 0 saturated carbocycles. The van der Waals surface area contributed by atoms with Gasteiger partial charge in [0.2, 0.25) is 0 Å². The molecule has 2 amide bonds. The Morgan fingerprint density at radius 1 is 1.11 bits per heavy atom. The number of nitrogens with zero attached hydrogens (tertiary/aromatic N) is 1. The molecule has 0 aliphatic heterocycles. The summed E-state index contributed by atoms with van der Waals surface area (Å²) in [6.45, 7) is 3.87. The Balaban J connectivity index is 1.53. The maximum atomic E-state index is 12.5. The monoisotopic (exact) mass is 375 g/mol. The number of furan rings is 1. The van der Waals surface area contributed by atoms with Crippen molar-refractivity contribution < 1.29 is 9.21 Å². The first kappa shape index (κ1) is 17.9. The molecule has 0 aliphatic rings. The molecule has 4 aromatic rings. The smallest absolute Gasteiger partial charge is 0.319 e. The minimum Gasteiger partial charge on any atom is -0.459 e. The van der Waals surface area contributed by atoms with Gasteiger partial charge in [-0.2, -0.15) is 0 Å². The third kappa shape index (κ3) is 3.13. The van der Waals surface area contributed by atoms with Gasteiger partial charge in [0.25, 0.3) is 5.56 Å². The van der Waals surface area contributed by atoms with E-state index < -0.39 is 0 Å². The second kappa shape index (κ2) is 6.88. The summed E-state index contributed by atoms with van der Waals surface area (Å²) in [6, 6.07) is 15.9. The SMILES string of the molecule is Cc1c([C@H](C)NC(=O)Nc2ccc3ccc(=O)n(C)c3c2)oc2ccccc12. The van der Waals surface area contributed by atoms with Gasteiger partial charge < -0.3 is 19.6 Å². The van der Waals surface area contributed by atoms with Gasteiger partial charge in [0.1, 0.15) is 11.3 Å². The Morgan fingerprint density at radius 3 is 2.64 bits per heavy atom. The minimum atomic E-state index is -0.340. The van der Waals surface area contributed by atoms with Crippen molar-refractivity contribution in [1.82, 2.24) is 9.88 Å². The van der Waals surface area contributed by atoms with Crippen LogP contribution in [-0.2, 0) is 7.05 Å². The maximum absolute atomic E-state index is 12.5. The van der Waals surface area contributed by atoms with Crippen molar-refractivity contribution >= 4 is 33.6 Å². The number of pyridine rings is 1. The quantitative estimate of drug-likeness (QED) is 0.554. The number of carbonyl (C=O) groups excluding carboxylic acids is 1. The molecule has 2 heterocycles. The van der Waals surface area contributed by atoms with Crippen LogP contribution in [0.4, 0.5) is 10.5 Å². The minimum absolute atomic E-state index is 0.0944. The molecule has 6 heteroatoms. The molecule has 1 atom stereocenters. The average molecular weight is 375 g/mol. The van der Waals surface area contributed by atoms with E-state index in [0.29, 0.717) is 5.69 Å². The van der Waals surface area contributed by atoms with Crippen molar-refractivity contribution in [3.05, 3.63) is 76.3 Å². The number of aryl methyl sites for hydroxylation is 2. The van der Waals surface area contributed by atoms with Crippen LogP contribution in [0.3, 0.4) is 0 Å². The first-order valence-electron chi connectivity index (χ1n) is 9.09. The number of anilines is 1. The van der Waals surface area contributed by atoms with Gasteiger partial charge in [0.15, 0.2) is 0 Å². The van der Waals surface area contributed by atoms with E-state index in [1.165, 1.54) is 6.07 Å². The van der Waals surface area contributed by atoms with Crippen molar-refractivity contribution in [3.63, 3.8) is 0 Å². The molecule has 0 fully saturated rings. The number of fused-ring (bicyclic) bond motifs is 2. The molecule has 2 aromatic carbocycles. The molecule has 6 nitrogen and oxygen atoms in total. The Morgan fingerprint density at radius 2 is 1.86 bits per heavy atom. The van der Waals surface area contributed by atoms with Crippen LogP contribution in [0.25, 0.3) is 21.9 Å². The van der Waals surface area contributed by atoms with Crippen LogP contribution in [0.15, 0.2) is 63.8 Å². The Bertz CT molecular complexity index is 1250. The largest absolute Gasteiger partial charge is 0.459 e. The maximum Gasteiger partial charge on any atom is 0.319 e. The summed E-state index contributed by atoms with van der Waals surface area (Å²) in [5.74, 6) is 0.734. The lowest BCUT2D eigenvalue weighted by Crippen LogP contribution is -2.31. The summed E-state index contributed by atoms with van der Waals surface area (Å²) >= 11 is 0. The number of amides is 2. The summed E-state index contributed by atoms with van der Waals surface area (Å²) in [4.78, 5) is 24.3. The normalized spacial score (nSPS) is 12.2. The highest BCUT2D eigenvalue weighted by atomic mass is 16.3. The van der Waals surface area contributed by atoms with Crippen molar-refractivity contribution in [1.29, 1.82) is 0 Å². The van der Waals surface area contributed by atoms with Crippen LogP contribution in [-0.4, -0.2) is 10.6 Å². The number of hydrogen-bond acceptors (Lipinski definition) is 3. The van der Waals surface area contributed by atoms with Gasteiger partial charge >= 0.3 is 6.03 Å². The van der Waals surface area contributed by atoms with Crippen LogP contribution >= 0.6 is 0 Å². The van der Waals surface area contributed by atoms with Gasteiger partial charge in [0, 0.05) is 29.8 Å². The van der Waals surface area contributed by atoms with Gasteiger partial charge in [-0.3, -0.25) is 4.79 Å². The van der Waals surface area contributed by atoms with Gasteiger partial charge in [-0.25, -0.2) is 4.79 Å². The zero-order valence-electron chi connectivity index (χ0n) is 15.9. The van der Waals surface area contributed by atoms with Crippen LogP contribution in [0.5, 0.6) is 0 Å². The van der Waals surface area contributed by atoms with E-state index >= 15 is 0 Å². The molecule has 0 saturated heterocycles. The van der Waals surface area contributed by atoms with Crippen LogP contribution < -0.4 is 16.2 Å². The number of carbonyl (C=O) groups is 1. The van der Waals surface area contributed by atoms with Gasteiger partial charge in [-0.1, -0.05) is 24.3 Å². The molecule has 2 N–H and O–H groups in total. The summed E-state index contributed by atoms with van der Waals surface area (Å²) in [6.07, 6.45) is 0. The first-order chi connectivity index (χ1) is 13.4. The van der Waals surface area contributed by atoms with Gasteiger partial charge in [-0.05, 0) is 43.5 Å². The second-order valence-electron chi connectivity index (χ2n) is 6.91. The number of nitrogens with one attached hydrogen (secondary N) is 2. The molecule has 0 unspecified atom stereocenters. The Kier molecular flexibility index (Phi) is 4.39. The highest BCUT2D eigenvalue weighted by molar-refractivity contribution is 5.93. The van der Waals surface area contributed by atoms with E-state index in [4.69, 9.17) is 4.42 Å². The molecular weight excluding hydrogens is 354 g/mol. The molecular formula is C22H21N3O3. The van der Waals surface area contributed by atoms with Gasteiger partial charge in [0.05, 0.1) is 11.6 Å². The number of urea groups is 1. The van der Waals surface area contributed by atoms with Crippen molar-refractivity contribution in [2.45, 2.75) is 19.9 Å². The van der Waals surface area contributed by atoms with Crippen molar-refractivity contribution in [3.8, 4) is 0 Å². The third-order valence-electron chi connectivity index (χ3n) is 5.01. The second-order valence-corrected chi connectivity index (χ2v) is 6.91. The molecule has 28 heavy (non-hydrogen) atoms. The third-order valence-corrected chi connectivity index (χ3v) is 5.01. The average Bonchev–Trinajstić information content (AvgIpc) is 3.02. The molecule has 4 rings (SSSR count). The summed E-state index contributed by atoms with van der Waals surface area (Å²) in [5.41, 5.74) is 3.10. The molecule has 0 aliphatic carbocycles. The zero-order valence-corrected chi connectivity index (χ0v) is 15.9. The van der Waals surface area contributed by atoms with E-state index in [1.807, 2.05) is 50.2 Å². The molecule has 0 radical (unpaired) electrons. The van der Waals surface area contributed by atoms with E-state index in [0.717, 1.165) is 33.2 Å². The van der Waals surface area contributed by atoms with Crippen LogP contribution in [0.1, 0.15) is 24.3 Å². The lowest BCUT2D eigenvalue weighted by molar-refractivity contribution is 0.248. The van der Waals surface area contributed by atoms with Crippen molar-refractivity contribution in [2.75, 3.05) is 5.32 Å². The summed E-state index contributed by atoms with van der Waals surface area (Å²) in [7, 11) is 1.71. The standard InChI is InChI=1S/C22H21N3O3/c1-13-17-6-4-5-7-19(17)28-21(13)14(2)23-22(27)24-16-10-8-15-9-11-20(26)25(3)18(15)12-16/h4-12,14H,1-3H3,(H2,23,24,27)/t14-/m0/s1.